The number of hydrogen-bond donors (Lipinski definition) is 3. The molecule has 0 unspecified atom stereocenters. The van der Waals surface area contributed by atoms with Crippen molar-refractivity contribution in [2.45, 2.75) is 19.9 Å². The Morgan fingerprint density at radius 1 is 1.23 bits per heavy atom. The minimum absolute atomic E-state index is 0.0977. The summed E-state index contributed by atoms with van der Waals surface area (Å²) in [4.78, 5) is 24.7. The number of nitrogens with zero attached hydrogens (tertiary/aromatic N) is 3. The van der Waals surface area contributed by atoms with E-state index in [4.69, 9.17) is 5.11 Å². The number of aryl methyl sites for hydroxylation is 1. The van der Waals surface area contributed by atoms with Crippen molar-refractivity contribution in [3.63, 3.8) is 0 Å². The number of hydrogen-bond acceptors (Lipinski definition) is 7. The molecular weight excluding hydrogens is 350 g/mol. The van der Waals surface area contributed by atoms with Gasteiger partial charge in [-0.15, -0.1) is 11.3 Å². The number of carboxylic acid groups (broad SMARTS) is 1. The molecule has 134 valence electrons. The molecule has 0 spiro atoms. The highest BCUT2D eigenvalue weighted by molar-refractivity contribution is 7.15. The van der Waals surface area contributed by atoms with E-state index in [1.54, 1.807) is 12.4 Å². The van der Waals surface area contributed by atoms with Crippen molar-refractivity contribution < 1.29 is 9.90 Å². The second kappa shape index (κ2) is 8.50. The molecule has 8 heteroatoms. The molecule has 0 aromatic carbocycles. The summed E-state index contributed by atoms with van der Waals surface area (Å²) in [5.41, 5.74) is 1.96. The molecule has 3 rings (SSSR count). The standard InChI is InChI=1S/C18H19N5O2S/c1-12-5-8-20-16(9-12)23-15-4-2-3-13(22-15)14-10-21-17(26-14)11-19-7-6-18(24)25/h2-5,8-10,19H,6-7,11H2,1H3,(H,24,25)(H,20,22,23). The molecule has 3 aromatic rings. The lowest BCUT2D eigenvalue weighted by molar-refractivity contribution is -0.136. The average Bonchev–Trinajstić information content (AvgIpc) is 3.08. The Balaban J connectivity index is 1.65. The molecule has 3 heterocycles. The van der Waals surface area contributed by atoms with Gasteiger partial charge in [0.15, 0.2) is 0 Å². The monoisotopic (exact) mass is 369 g/mol. The summed E-state index contributed by atoms with van der Waals surface area (Å²) in [6.45, 7) is 2.98. The molecule has 0 aliphatic rings. The Morgan fingerprint density at radius 2 is 2.12 bits per heavy atom. The molecule has 0 amide bonds. The predicted octanol–water partition coefficient (Wildman–Crippen LogP) is 3.22. The highest BCUT2D eigenvalue weighted by Gasteiger charge is 2.07. The van der Waals surface area contributed by atoms with Crippen molar-refractivity contribution >= 4 is 28.9 Å². The fraction of sp³-hybridized carbons (Fsp3) is 0.222. The Hall–Kier alpha value is -2.84. The zero-order chi connectivity index (χ0) is 18.4. The van der Waals surface area contributed by atoms with Crippen LogP contribution < -0.4 is 10.6 Å². The summed E-state index contributed by atoms with van der Waals surface area (Å²) >= 11 is 1.54. The first kappa shape index (κ1) is 18.0. The number of anilines is 2. The van der Waals surface area contributed by atoms with Crippen LogP contribution in [0.15, 0.2) is 42.7 Å². The van der Waals surface area contributed by atoms with E-state index in [0.717, 1.165) is 32.8 Å². The third-order valence-corrected chi connectivity index (χ3v) is 4.54. The number of aliphatic carboxylic acids is 1. The second-order valence-corrected chi connectivity index (χ2v) is 6.81. The number of thiazole rings is 1. The van der Waals surface area contributed by atoms with E-state index in [9.17, 15) is 4.79 Å². The van der Waals surface area contributed by atoms with Crippen LogP contribution in [0.25, 0.3) is 10.6 Å². The van der Waals surface area contributed by atoms with Crippen LogP contribution in [0.2, 0.25) is 0 Å². The normalized spacial score (nSPS) is 10.7. The molecule has 0 saturated heterocycles. The Kier molecular flexibility index (Phi) is 5.88. The molecule has 0 bridgehead atoms. The Labute approximate surface area is 155 Å². The smallest absolute Gasteiger partial charge is 0.304 e. The van der Waals surface area contributed by atoms with Gasteiger partial charge in [-0.3, -0.25) is 4.79 Å². The third kappa shape index (κ3) is 5.08. The predicted molar refractivity (Wildman–Crippen MR) is 102 cm³/mol. The number of aromatic nitrogens is 3. The fourth-order valence-corrected chi connectivity index (χ4v) is 3.14. The summed E-state index contributed by atoms with van der Waals surface area (Å²) in [6.07, 6.45) is 3.64. The lowest BCUT2D eigenvalue weighted by Crippen LogP contribution is -2.17. The minimum atomic E-state index is -0.811. The van der Waals surface area contributed by atoms with E-state index in [-0.39, 0.29) is 6.42 Å². The maximum absolute atomic E-state index is 10.5. The van der Waals surface area contributed by atoms with Gasteiger partial charge in [0.1, 0.15) is 16.6 Å². The highest BCUT2D eigenvalue weighted by Crippen LogP contribution is 2.26. The zero-order valence-electron chi connectivity index (χ0n) is 14.3. The minimum Gasteiger partial charge on any atom is -0.481 e. The van der Waals surface area contributed by atoms with Gasteiger partial charge in [0, 0.05) is 25.5 Å². The van der Waals surface area contributed by atoms with Crippen molar-refractivity contribution in [3.8, 4) is 10.6 Å². The van der Waals surface area contributed by atoms with E-state index >= 15 is 0 Å². The van der Waals surface area contributed by atoms with E-state index in [1.807, 2.05) is 37.3 Å². The van der Waals surface area contributed by atoms with Gasteiger partial charge in [0.2, 0.25) is 0 Å². The summed E-state index contributed by atoms with van der Waals surface area (Å²) in [5.74, 6) is 0.659. The van der Waals surface area contributed by atoms with E-state index < -0.39 is 5.97 Å². The summed E-state index contributed by atoms with van der Waals surface area (Å²) in [7, 11) is 0. The lowest BCUT2D eigenvalue weighted by Gasteiger charge is -2.06. The van der Waals surface area contributed by atoms with Crippen LogP contribution >= 0.6 is 11.3 Å². The number of carbonyl (C=O) groups is 1. The van der Waals surface area contributed by atoms with Crippen LogP contribution in [-0.4, -0.2) is 32.6 Å². The van der Waals surface area contributed by atoms with Gasteiger partial charge in [0.05, 0.1) is 17.0 Å². The molecule has 0 radical (unpaired) electrons. The van der Waals surface area contributed by atoms with Gasteiger partial charge in [-0.1, -0.05) is 6.07 Å². The number of pyridine rings is 2. The molecule has 3 aromatic heterocycles. The van der Waals surface area contributed by atoms with Gasteiger partial charge < -0.3 is 15.7 Å². The molecule has 0 saturated carbocycles. The van der Waals surface area contributed by atoms with Crippen molar-refractivity contribution in [2.75, 3.05) is 11.9 Å². The largest absolute Gasteiger partial charge is 0.481 e. The molecule has 0 aliphatic carbocycles. The van der Waals surface area contributed by atoms with E-state index in [2.05, 4.69) is 25.6 Å². The highest BCUT2D eigenvalue weighted by atomic mass is 32.1. The van der Waals surface area contributed by atoms with Crippen LogP contribution in [0.5, 0.6) is 0 Å². The van der Waals surface area contributed by atoms with Gasteiger partial charge in [-0.05, 0) is 36.8 Å². The molecule has 26 heavy (non-hydrogen) atoms. The van der Waals surface area contributed by atoms with Crippen molar-refractivity contribution in [1.29, 1.82) is 0 Å². The van der Waals surface area contributed by atoms with Crippen LogP contribution in [-0.2, 0) is 11.3 Å². The van der Waals surface area contributed by atoms with Gasteiger partial charge in [-0.2, -0.15) is 0 Å². The maximum Gasteiger partial charge on any atom is 0.304 e. The van der Waals surface area contributed by atoms with Crippen molar-refractivity contribution in [1.82, 2.24) is 20.3 Å². The maximum atomic E-state index is 10.5. The summed E-state index contributed by atoms with van der Waals surface area (Å²) in [5, 5.41) is 15.8. The number of rotatable bonds is 8. The van der Waals surface area contributed by atoms with Crippen LogP contribution in [0, 0.1) is 6.92 Å². The van der Waals surface area contributed by atoms with Crippen molar-refractivity contribution in [3.05, 3.63) is 53.3 Å². The number of carboxylic acids is 1. The van der Waals surface area contributed by atoms with Crippen LogP contribution in [0.4, 0.5) is 11.6 Å². The molecule has 0 aliphatic heterocycles. The molecular formula is C18H19N5O2S. The Morgan fingerprint density at radius 3 is 2.92 bits per heavy atom. The number of nitrogens with one attached hydrogen (secondary N) is 2. The zero-order valence-corrected chi connectivity index (χ0v) is 15.1. The summed E-state index contributed by atoms with van der Waals surface area (Å²) in [6, 6.07) is 9.66. The van der Waals surface area contributed by atoms with E-state index in [1.165, 1.54) is 11.3 Å². The quantitative estimate of drug-likeness (QED) is 0.524. The molecule has 3 N–H and O–H groups in total. The summed E-state index contributed by atoms with van der Waals surface area (Å²) < 4.78 is 0. The SMILES string of the molecule is Cc1ccnc(Nc2cccc(-c3cnc(CNCCC(=O)O)s3)n2)c1. The van der Waals surface area contributed by atoms with Gasteiger partial charge in [0.25, 0.3) is 0 Å². The third-order valence-electron chi connectivity index (χ3n) is 3.52. The topological polar surface area (TPSA) is 100 Å². The lowest BCUT2D eigenvalue weighted by atomic mass is 10.3. The van der Waals surface area contributed by atoms with Crippen LogP contribution in [0.3, 0.4) is 0 Å². The average molecular weight is 369 g/mol. The molecule has 0 atom stereocenters. The van der Waals surface area contributed by atoms with Gasteiger partial charge >= 0.3 is 5.97 Å². The van der Waals surface area contributed by atoms with Crippen molar-refractivity contribution in [2.24, 2.45) is 0 Å². The molecule has 0 fully saturated rings. The van der Waals surface area contributed by atoms with E-state index in [0.29, 0.717) is 13.1 Å². The fourth-order valence-electron chi connectivity index (χ4n) is 2.28. The molecule has 7 nitrogen and oxygen atoms in total. The first-order chi connectivity index (χ1) is 12.6. The first-order valence-corrected chi connectivity index (χ1v) is 8.96. The Bertz CT molecular complexity index is 897. The van der Waals surface area contributed by atoms with Crippen LogP contribution in [0.1, 0.15) is 17.0 Å². The van der Waals surface area contributed by atoms with Gasteiger partial charge in [-0.25, -0.2) is 15.0 Å². The first-order valence-electron chi connectivity index (χ1n) is 8.14. The second-order valence-electron chi connectivity index (χ2n) is 5.69.